The van der Waals surface area contributed by atoms with E-state index in [0.717, 1.165) is 83.5 Å². The first-order chi connectivity index (χ1) is 29.0. The van der Waals surface area contributed by atoms with E-state index >= 15 is 0 Å². The zero-order valence-electron chi connectivity index (χ0n) is 39.4. The van der Waals surface area contributed by atoms with Crippen LogP contribution in [-0.4, -0.2) is 46.9 Å². The molecule has 0 aliphatic carbocycles. The van der Waals surface area contributed by atoms with Gasteiger partial charge in [-0.15, -0.1) is 0 Å². The summed E-state index contributed by atoms with van der Waals surface area (Å²) in [5.41, 5.74) is 0. The molecule has 0 aliphatic rings. The van der Waals surface area contributed by atoms with Crippen LogP contribution < -0.4 is 5.32 Å². The Morgan fingerprint density at radius 3 is 1.34 bits per heavy atom. The molecule has 59 heavy (non-hydrogen) atoms. The molecular formula is C53H99NO5. The molecule has 0 radical (unpaired) electrons. The van der Waals surface area contributed by atoms with Crippen molar-refractivity contribution >= 4 is 11.9 Å². The molecule has 6 heteroatoms. The summed E-state index contributed by atoms with van der Waals surface area (Å²) in [6, 6.07) is -0.705. The molecule has 0 rings (SSSR count). The molecule has 0 bridgehead atoms. The Kier molecular flexibility index (Phi) is 45.6. The highest BCUT2D eigenvalue weighted by atomic mass is 16.5. The summed E-state index contributed by atoms with van der Waals surface area (Å²) in [5, 5.41) is 23.7. The number of hydrogen-bond acceptors (Lipinski definition) is 5. The van der Waals surface area contributed by atoms with Crippen LogP contribution in [0.2, 0.25) is 0 Å². The summed E-state index contributed by atoms with van der Waals surface area (Å²) in [5.74, 6) is -0.486. The number of rotatable bonds is 46. The van der Waals surface area contributed by atoms with Gasteiger partial charge in [0, 0.05) is 6.42 Å². The van der Waals surface area contributed by atoms with E-state index in [0.29, 0.717) is 19.3 Å². The number of nitrogens with one attached hydrogen (secondary N) is 1. The predicted molar refractivity (Wildman–Crippen MR) is 255 cm³/mol. The SMILES string of the molecule is CCCCC/C=C\C/C=C\C/C=C\CCCCCCC(CC(=O)NC(CO)C(O)CCCCCCCCCCCC)OC(=O)CCCCCCCCCCCCCCC. The zero-order chi connectivity index (χ0) is 43.1. The average molecular weight is 830 g/mol. The van der Waals surface area contributed by atoms with E-state index in [1.807, 2.05) is 0 Å². The molecule has 1 amide bonds. The van der Waals surface area contributed by atoms with Crippen LogP contribution >= 0.6 is 0 Å². The number of carbonyl (C=O) groups is 2. The molecule has 3 atom stereocenters. The monoisotopic (exact) mass is 830 g/mol. The normalized spacial score (nSPS) is 13.5. The van der Waals surface area contributed by atoms with Gasteiger partial charge in [-0.25, -0.2) is 0 Å². The molecule has 0 spiro atoms. The van der Waals surface area contributed by atoms with E-state index in [-0.39, 0.29) is 24.9 Å². The smallest absolute Gasteiger partial charge is 0.306 e. The summed E-state index contributed by atoms with van der Waals surface area (Å²) >= 11 is 0. The molecule has 3 N–H and O–H groups in total. The lowest BCUT2D eigenvalue weighted by Crippen LogP contribution is -2.46. The van der Waals surface area contributed by atoms with Gasteiger partial charge >= 0.3 is 5.97 Å². The van der Waals surface area contributed by atoms with Crippen molar-refractivity contribution in [1.82, 2.24) is 5.32 Å². The second-order valence-electron chi connectivity index (χ2n) is 17.6. The first-order valence-corrected chi connectivity index (χ1v) is 25.7. The fraction of sp³-hybridized carbons (Fsp3) is 0.849. The predicted octanol–water partition coefficient (Wildman–Crippen LogP) is 15.3. The van der Waals surface area contributed by atoms with Gasteiger partial charge in [0.15, 0.2) is 0 Å². The van der Waals surface area contributed by atoms with Crippen LogP contribution in [-0.2, 0) is 14.3 Å². The lowest BCUT2D eigenvalue weighted by molar-refractivity contribution is -0.151. The number of hydrogen-bond donors (Lipinski definition) is 3. The van der Waals surface area contributed by atoms with Crippen LogP contribution in [0.25, 0.3) is 0 Å². The summed E-state index contributed by atoms with van der Waals surface area (Å²) in [7, 11) is 0. The van der Waals surface area contributed by atoms with Gasteiger partial charge in [0.25, 0.3) is 0 Å². The maximum Gasteiger partial charge on any atom is 0.306 e. The fourth-order valence-corrected chi connectivity index (χ4v) is 7.79. The Morgan fingerprint density at radius 2 is 0.864 bits per heavy atom. The number of allylic oxidation sites excluding steroid dienone is 6. The second-order valence-corrected chi connectivity index (χ2v) is 17.6. The third-order valence-electron chi connectivity index (χ3n) is 11.7. The maximum atomic E-state index is 13.2. The molecule has 0 aromatic heterocycles. The van der Waals surface area contributed by atoms with Gasteiger partial charge in [0.05, 0.1) is 25.2 Å². The number of amides is 1. The molecule has 3 unspecified atom stereocenters. The van der Waals surface area contributed by atoms with E-state index in [1.165, 1.54) is 135 Å². The number of aliphatic hydroxyl groups is 2. The lowest BCUT2D eigenvalue weighted by atomic mass is 10.0. The molecular weight excluding hydrogens is 731 g/mol. The Morgan fingerprint density at radius 1 is 0.492 bits per heavy atom. The van der Waals surface area contributed by atoms with Crippen LogP contribution in [0.3, 0.4) is 0 Å². The van der Waals surface area contributed by atoms with Gasteiger partial charge in [-0.3, -0.25) is 9.59 Å². The van der Waals surface area contributed by atoms with Crippen LogP contribution in [0.1, 0.15) is 265 Å². The second kappa shape index (κ2) is 47.1. The molecule has 6 nitrogen and oxygen atoms in total. The minimum Gasteiger partial charge on any atom is -0.462 e. The van der Waals surface area contributed by atoms with Gasteiger partial charge in [-0.1, -0.05) is 224 Å². The van der Waals surface area contributed by atoms with Crippen molar-refractivity contribution in [3.8, 4) is 0 Å². The van der Waals surface area contributed by atoms with E-state index in [4.69, 9.17) is 4.74 Å². The van der Waals surface area contributed by atoms with Crippen molar-refractivity contribution in [3.05, 3.63) is 36.5 Å². The third-order valence-corrected chi connectivity index (χ3v) is 11.7. The van der Waals surface area contributed by atoms with Crippen LogP contribution in [0.5, 0.6) is 0 Å². The molecule has 0 heterocycles. The van der Waals surface area contributed by atoms with Gasteiger partial charge in [-0.05, 0) is 64.2 Å². The van der Waals surface area contributed by atoms with Crippen molar-refractivity contribution < 1.29 is 24.5 Å². The van der Waals surface area contributed by atoms with Crippen LogP contribution in [0.4, 0.5) is 0 Å². The summed E-state index contributed by atoms with van der Waals surface area (Å²) < 4.78 is 5.93. The topological polar surface area (TPSA) is 95.9 Å². The van der Waals surface area contributed by atoms with Crippen LogP contribution in [0, 0.1) is 0 Å². The van der Waals surface area contributed by atoms with E-state index < -0.39 is 18.2 Å². The number of aliphatic hydroxyl groups excluding tert-OH is 2. The standard InChI is InChI=1S/C53H99NO5/c1-4-7-10-13-16-19-22-24-25-26-27-29-30-32-35-38-41-44-49(59-53(58)46-43-40-37-34-31-28-23-20-17-14-11-8-5-2)47-52(57)54-50(48-55)51(56)45-42-39-36-33-21-18-15-12-9-6-3/h16,19,24-25,27,29,49-51,55-56H,4-15,17-18,20-23,26,28,30-48H2,1-3H3,(H,54,57)/b19-16-,25-24-,29-27-. The quantitative estimate of drug-likeness (QED) is 0.0323. The number of ether oxygens (including phenoxy) is 1. The van der Waals surface area contributed by atoms with Crippen molar-refractivity contribution in [1.29, 1.82) is 0 Å². The average Bonchev–Trinajstić information content (AvgIpc) is 3.23. The molecule has 0 fully saturated rings. The molecule has 0 aromatic carbocycles. The van der Waals surface area contributed by atoms with Gasteiger partial charge in [0.2, 0.25) is 5.91 Å². The lowest BCUT2D eigenvalue weighted by Gasteiger charge is -2.24. The Bertz CT molecular complexity index is 977. The highest BCUT2D eigenvalue weighted by Crippen LogP contribution is 2.18. The van der Waals surface area contributed by atoms with E-state index in [9.17, 15) is 19.8 Å². The number of unbranched alkanes of at least 4 members (excludes halogenated alkanes) is 28. The first-order valence-electron chi connectivity index (χ1n) is 25.7. The van der Waals surface area contributed by atoms with Crippen molar-refractivity contribution in [2.45, 2.75) is 283 Å². The molecule has 0 saturated heterocycles. The van der Waals surface area contributed by atoms with Crippen LogP contribution in [0.15, 0.2) is 36.5 Å². The summed E-state index contributed by atoms with van der Waals surface area (Å²) in [6.07, 6.45) is 54.8. The summed E-state index contributed by atoms with van der Waals surface area (Å²) in [4.78, 5) is 26.1. The Hall–Kier alpha value is -1.92. The molecule has 0 saturated carbocycles. The molecule has 346 valence electrons. The number of esters is 1. The largest absolute Gasteiger partial charge is 0.462 e. The van der Waals surface area contributed by atoms with Gasteiger partial charge in [-0.2, -0.15) is 0 Å². The van der Waals surface area contributed by atoms with Crippen molar-refractivity contribution in [3.63, 3.8) is 0 Å². The Labute approximate surface area is 366 Å². The maximum absolute atomic E-state index is 13.2. The van der Waals surface area contributed by atoms with Gasteiger partial charge in [0.1, 0.15) is 6.10 Å². The zero-order valence-corrected chi connectivity index (χ0v) is 39.4. The van der Waals surface area contributed by atoms with E-state index in [1.54, 1.807) is 0 Å². The first kappa shape index (κ1) is 57.1. The highest BCUT2D eigenvalue weighted by Gasteiger charge is 2.24. The van der Waals surface area contributed by atoms with Crippen molar-refractivity contribution in [2.24, 2.45) is 0 Å². The highest BCUT2D eigenvalue weighted by molar-refractivity contribution is 5.77. The summed E-state index contributed by atoms with van der Waals surface area (Å²) in [6.45, 7) is 6.44. The minimum atomic E-state index is -0.790. The fourth-order valence-electron chi connectivity index (χ4n) is 7.79. The number of carbonyl (C=O) groups excluding carboxylic acids is 2. The third kappa shape index (κ3) is 42.6. The van der Waals surface area contributed by atoms with E-state index in [2.05, 4.69) is 62.5 Å². The molecule has 0 aliphatic heterocycles. The van der Waals surface area contributed by atoms with Gasteiger partial charge < -0.3 is 20.3 Å². The Balaban J connectivity index is 4.62. The van der Waals surface area contributed by atoms with Crippen molar-refractivity contribution in [2.75, 3.05) is 6.61 Å². The molecule has 0 aromatic rings. The minimum absolute atomic E-state index is 0.0662.